The second-order valence-electron chi connectivity index (χ2n) is 7.44. The summed E-state index contributed by atoms with van der Waals surface area (Å²) in [5, 5.41) is 4.32. The Labute approximate surface area is 160 Å². The molecule has 2 amide bonds. The monoisotopic (exact) mass is 396 g/mol. The van der Waals surface area contributed by atoms with Crippen LogP contribution >= 0.6 is 0 Å². The van der Waals surface area contributed by atoms with Crippen LogP contribution in [0.2, 0.25) is 0 Å². The standard InChI is InChI=1S/C18H28N4O4S/c1-4-7-22-16(12-14(2)19-22)17(24)20-27(25)10-5-18(6-11-27)13-21(15(3)23)8-9-26-18/h12H,4-11,13H2,1-3H3. The number of rotatable bonds is 3. The van der Waals surface area contributed by atoms with Gasteiger partial charge in [-0.3, -0.25) is 14.3 Å². The minimum atomic E-state index is -2.62. The summed E-state index contributed by atoms with van der Waals surface area (Å²) >= 11 is 0. The molecule has 1 spiro atoms. The van der Waals surface area contributed by atoms with Gasteiger partial charge in [0.15, 0.2) is 0 Å². The van der Waals surface area contributed by atoms with Gasteiger partial charge in [-0.2, -0.15) is 9.46 Å². The van der Waals surface area contributed by atoms with E-state index in [1.54, 1.807) is 22.6 Å². The molecule has 27 heavy (non-hydrogen) atoms. The molecule has 0 aliphatic carbocycles. The van der Waals surface area contributed by atoms with Gasteiger partial charge in [0.25, 0.3) is 0 Å². The van der Waals surface area contributed by atoms with Crippen molar-refractivity contribution < 1.29 is 18.5 Å². The molecule has 0 N–H and O–H groups in total. The maximum atomic E-state index is 13.2. The van der Waals surface area contributed by atoms with Crippen molar-refractivity contribution in [1.82, 2.24) is 14.7 Å². The molecule has 1 aromatic heterocycles. The number of ether oxygens (including phenoxy) is 1. The number of amides is 2. The maximum absolute atomic E-state index is 13.2. The Morgan fingerprint density at radius 1 is 1.37 bits per heavy atom. The molecule has 0 radical (unpaired) electrons. The fourth-order valence-corrected chi connectivity index (χ4v) is 5.89. The van der Waals surface area contributed by atoms with E-state index >= 15 is 0 Å². The van der Waals surface area contributed by atoms with Crippen molar-refractivity contribution in [2.45, 2.75) is 52.2 Å². The van der Waals surface area contributed by atoms with E-state index in [0.29, 0.717) is 56.3 Å². The highest BCUT2D eigenvalue weighted by Crippen LogP contribution is 2.32. The second-order valence-corrected chi connectivity index (χ2v) is 9.99. The van der Waals surface area contributed by atoms with E-state index in [-0.39, 0.29) is 5.91 Å². The van der Waals surface area contributed by atoms with Crippen LogP contribution in [0.5, 0.6) is 0 Å². The molecule has 2 aliphatic heterocycles. The summed E-state index contributed by atoms with van der Waals surface area (Å²) in [6, 6.07) is 1.70. The third kappa shape index (κ3) is 4.40. The third-order valence-corrected chi connectivity index (χ3v) is 7.44. The van der Waals surface area contributed by atoms with E-state index in [1.165, 1.54) is 0 Å². The quantitative estimate of drug-likeness (QED) is 0.774. The Balaban J connectivity index is 1.74. The summed E-state index contributed by atoms with van der Waals surface area (Å²) < 4.78 is 24.9. The van der Waals surface area contributed by atoms with Gasteiger partial charge in [-0.25, -0.2) is 4.21 Å². The molecule has 2 fully saturated rings. The molecule has 0 bridgehead atoms. The van der Waals surface area contributed by atoms with Gasteiger partial charge in [-0.05, 0) is 32.3 Å². The Bertz CT molecular complexity index is 840. The number of nitrogens with zero attached hydrogens (tertiary/aromatic N) is 4. The zero-order valence-electron chi connectivity index (χ0n) is 16.3. The average molecular weight is 397 g/mol. The van der Waals surface area contributed by atoms with Gasteiger partial charge in [0.2, 0.25) is 5.91 Å². The molecule has 0 saturated carbocycles. The fourth-order valence-electron chi connectivity index (χ4n) is 3.72. The minimum Gasteiger partial charge on any atom is -0.371 e. The van der Waals surface area contributed by atoms with Crippen LogP contribution in [0.4, 0.5) is 0 Å². The van der Waals surface area contributed by atoms with Crippen molar-refractivity contribution in [3.8, 4) is 0 Å². The first-order chi connectivity index (χ1) is 12.8. The second kappa shape index (κ2) is 7.71. The van der Waals surface area contributed by atoms with Crippen LogP contribution < -0.4 is 0 Å². The SMILES string of the molecule is CCCn1nc(C)cc1C(=O)N=S1(=O)CCC2(CC1)CN(C(C)=O)CCO2. The topological polar surface area (TPSA) is 93.9 Å². The first-order valence-electron chi connectivity index (χ1n) is 9.47. The van der Waals surface area contributed by atoms with Gasteiger partial charge in [0.1, 0.15) is 5.69 Å². The molecule has 3 heterocycles. The van der Waals surface area contributed by atoms with Crippen molar-refractivity contribution in [2.75, 3.05) is 31.2 Å². The van der Waals surface area contributed by atoms with Crippen molar-refractivity contribution >= 4 is 21.5 Å². The van der Waals surface area contributed by atoms with E-state index in [4.69, 9.17) is 4.74 Å². The van der Waals surface area contributed by atoms with Crippen LogP contribution in [0, 0.1) is 6.92 Å². The summed E-state index contributed by atoms with van der Waals surface area (Å²) in [4.78, 5) is 26.1. The maximum Gasteiger partial charge on any atom is 0.303 e. The summed E-state index contributed by atoms with van der Waals surface area (Å²) in [6.07, 6.45) is 1.93. The lowest BCUT2D eigenvalue weighted by Gasteiger charge is -2.45. The fraction of sp³-hybridized carbons (Fsp3) is 0.722. The van der Waals surface area contributed by atoms with Gasteiger partial charge in [-0.15, -0.1) is 0 Å². The predicted octanol–water partition coefficient (Wildman–Crippen LogP) is 1.62. The molecule has 0 aromatic carbocycles. The number of carbonyl (C=O) groups is 2. The number of aromatic nitrogens is 2. The normalized spacial score (nSPS) is 28.3. The van der Waals surface area contributed by atoms with Gasteiger partial charge in [-0.1, -0.05) is 6.92 Å². The predicted molar refractivity (Wildman–Crippen MR) is 102 cm³/mol. The lowest BCUT2D eigenvalue weighted by atomic mass is 9.94. The molecule has 1 aromatic rings. The van der Waals surface area contributed by atoms with E-state index in [9.17, 15) is 13.8 Å². The van der Waals surface area contributed by atoms with Crippen molar-refractivity contribution in [3.63, 3.8) is 0 Å². The highest BCUT2D eigenvalue weighted by atomic mass is 32.2. The number of aryl methyl sites for hydroxylation is 2. The smallest absolute Gasteiger partial charge is 0.303 e. The first-order valence-corrected chi connectivity index (χ1v) is 11.3. The number of carbonyl (C=O) groups excluding carboxylic acids is 2. The summed E-state index contributed by atoms with van der Waals surface area (Å²) in [7, 11) is -2.62. The number of hydrogen-bond donors (Lipinski definition) is 0. The van der Waals surface area contributed by atoms with Gasteiger partial charge in [0.05, 0.1) is 27.6 Å². The van der Waals surface area contributed by atoms with Crippen molar-refractivity contribution in [1.29, 1.82) is 0 Å². The van der Waals surface area contributed by atoms with Crippen LogP contribution in [0.3, 0.4) is 0 Å². The Morgan fingerprint density at radius 3 is 2.70 bits per heavy atom. The van der Waals surface area contributed by atoms with E-state index in [2.05, 4.69) is 9.46 Å². The Hall–Kier alpha value is -1.74. The molecule has 0 atom stereocenters. The molecular weight excluding hydrogens is 368 g/mol. The molecule has 9 heteroatoms. The van der Waals surface area contributed by atoms with Crippen LogP contribution in [0.25, 0.3) is 0 Å². The highest BCUT2D eigenvalue weighted by molar-refractivity contribution is 7.93. The third-order valence-electron chi connectivity index (χ3n) is 5.25. The molecule has 3 rings (SSSR count). The average Bonchev–Trinajstić information content (AvgIpc) is 2.99. The highest BCUT2D eigenvalue weighted by Gasteiger charge is 2.42. The van der Waals surface area contributed by atoms with Crippen LogP contribution in [-0.2, 0) is 25.8 Å². The molecular formula is C18H28N4O4S. The van der Waals surface area contributed by atoms with Gasteiger partial charge >= 0.3 is 5.91 Å². The molecule has 0 unspecified atom stereocenters. The molecule has 150 valence electrons. The largest absolute Gasteiger partial charge is 0.371 e. The molecule has 8 nitrogen and oxygen atoms in total. The minimum absolute atomic E-state index is 0.0309. The zero-order valence-corrected chi connectivity index (χ0v) is 17.1. The van der Waals surface area contributed by atoms with Gasteiger partial charge < -0.3 is 9.64 Å². The number of hydrogen-bond acceptors (Lipinski definition) is 5. The summed E-state index contributed by atoms with van der Waals surface area (Å²) in [5.41, 5.74) is 0.692. The number of morpholine rings is 1. The van der Waals surface area contributed by atoms with Crippen molar-refractivity contribution in [2.24, 2.45) is 4.36 Å². The lowest BCUT2D eigenvalue weighted by molar-refractivity contribution is -0.150. The van der Waals surface area contributed by atoms with Gasteiger partial charge in [0, 0.05) is 38.1 Å². The lowest BCUT2D eigenvalue weighted by Crippen LogP contribution is -2.56. The Morgan fingerprint density at radius 2 is 2.07 bits per heavy atom. The van der Waals surface area contributed by atoms with E-state index in [0.717, 1.165) is 12.1 Å². The molecule has 2 aliphatic rings. The summed E-state index contributed by atoms with van der Waals surface area (Å²) in [6.45, 7) is 7.63. The summed E-state index contributed by atoms with van der Waals surface area (Å²) in [5.74, 6) is 0.194. The Kier molecular flexibility index (Phi) is 5.71. The van der Waals surface area contributed by atoms with E-state index in [1.807, 2.05) is 13.8 Å². The van der Waals surface area contributed by atoms with E-state index < -0.39 is 21.2 Å². The van der Waals surface area contributed by atoms with Crippen LogP contribution in [0.15, 0.2) is 10.4 Å². The zero-order chi connectivity index (χ0) is 19.7. The van der Waals surface area contributed by atoms with Crippen molar-refractivity contribution in [3.05, 3.63) is 17.5 Å². The molecule has 2 saturated heterocycles. The van der Waals surface area contributed by atoms with Crippen LogP contribution in [-0.4, -0.2) is 67.5 Å². The van der Waals surface area contributed by atoms with Crippen LogP contribution in [0.1, 0.15) is 49.3 Å². The first kappa shape index (κ1) is 20.0.